The first-order chi connectivity index (χ1) is 10.0. The van der Waals surface area contributed by atoms with Crippen LogP contribution in [0.2, 0.25) is 5.02 Å². The van der Waals surface area contributed by atoms with Crippen molar-refractivity contribution < 1.29 is 9.21 Å². The zero-order valence-corrected chi connectivity index (χ0v) is 13.0. The lowest BCUT2D eigenvalue weighted by Crippen LogP contribution is -2.46. The lowest BCUT2D eigenvalue weighted by molar-refractivity contribution is 0.0899. The lowest BCUT2D eigenvalue weighted by atomic mass is 10.0. The molecule has 21 heavy (non-hydrogen) atoms. The van der Waals surface area contributed by atoms with Crippen LogP contribution in [0, 0.1) is 6.92 Å². The number of rotatable bonds is 2. The van der Waals surface area contributed by atoms with Crippen molar-refractivity contribution in [3.63, 3.8) is 0 Å². The van der Waals surface area contributed by atoms with E-state index in [0.29, 0.717) is 22.4 Å². The molecule has 2 heterocycles. The van der Waals surface area contributed by atoms with Crippen LogP contribution in [0.3, 0.4) is 0 Å². The summed E-state index contributed by atoms with van der Waals surface area (Å²) in [6.45, 7) is 4.95. The Morgan fingerprint density at radius 1 is 1.48 bits per heavy atom. The van der Waals surface area contributed by atoms with E-state index in [2.05, 4.69) is 17.6 Å². The minimum Gasteiger partial charge on any atom is -0.451 e. The molecule has 0 saturated carbocycles. The van der Waals surface area contributed by atoms with Gasteiger partial charge in [0.1, 0.15) is 5.58 Å². The van der Waals surface area contributed by atoms with Crippen molar-refractivity contribution in [2.75, 3.05) is 6.54 Å². The molecule has 0 radical (unpaired) electrons. The third kappa shape index (κ3) is 2.92. The number of carbonyl (C=O) groups excluding carboxylic acids is 1. The summed E-state index contributed by atoms with van der Waals surface area (Å²) in [6.07, 6.45) is 1.89. The van der Waals surface area contributed by atoms with Crippen LogP contribution in [0.15, 0.2) is 22.6 Å². The highest BCUT2D eigenvalue weighted by Crippen LogP contribution is 2.28. The van der Waals surface area contributed by atoms with E-state index in [9.17, 15) is 4.79 Å². The van der Waals surface area contributed by atoms with Gasteiger partial charge in [-0.3, -0.25) is 4.79 Å². The van der Waals surface area contributed by atoms with Crippen LogP contribution in [0.5, 0.6) is 0 Å². The number of aryl methyl sites for hydroxylation is 1. The molecule has 1 aliphatic rings. The molecule has 0 aliphatic carbocycles. The van der Waals surface area contributed by atoms with E-state index in [-0.39, 0.29) is 11.9 Å². The van der Waals surface area contributed by atoms with Crippen molar-refractivity contribution in [3.8, 4) is 0 Å². The number of fused-ring (bicyclic) bond motifs is 1. The second-order valence-corrected chi connectivity index (χ2v) is 6.18. The highest BCUT2D eigenvalue weighted by Gasteiger charge is 2.23. The fourth-order valence-electron chi connectivity index (χ4n) is 2.92. The first-order valence-corrected chi connectivity index (χ1v) is 7.65. The second-order valence-electron chi connectivity index (χ2n) is 5.75. The van der Waals surface area contributed by atoms with Crippen molar-refractivity contribution in [1.29, 1.82) is 0 Å². The molecule has 2 atom stereocenters. The second kappa shape index (κ2) is 5.70. The van der Waals surface area contributed by atoms with Gasteiger partial charge >= 0.3 is 0 Å². The maximum Gasteiger partial charge on any atom is 0.287 e. The van der Waals surface area contributed by atoms with Gasteiger partial charge in [0.25, 0.3) is 5.91 Å². The van der Waals surface area contributed by atoms with E-state index in [0.717, 1.165) is 30.3 Å². The molecule has 2 aromatic rings. The van der Waals surface area contributed by atoms with Crippen molar-refractivity contribution in [2.45, 2.75) is 38.8 Å². The van der Waals surface area contributed by atoms with Gasteiger partial charge in [0.15, 0.2) is 5.76 Å². The third-order valence-electron chi connectivity index (χ3n) is 4.06. The zero-order chi connectivity index (χ0) is 15.0. The largest absolute Gasteiger partial charge is 0.451 e. The summed E-state index contributed by atoms with van der Waals surface area (Å²) in [5.74, 6) is 0.248. The third-order valence-corrected chi connectivity index (χ3v) is 4.30. The zero-order valence-electron chi connectivity index (χ0n) is 12.2. The first kappa shape index (κ1) is 14.4. The van der Waals surface area contributed by atoms with Gasteiger partial charge in [0.05, 0.1) is 0 Å². The van der Waals surface area contributed by atoms with Gasteiger partial charge in [-0.2, -0.15) is 0 Å². The number of furan rings is 1. The highest BCUT2D eigenvalue weighted by molar-refractivity contribution is 6.31. The molecular formula is C16H19ClN2O2. The van der Waals surface area contributed by atoms with Crippen molar-refractivity contribution >= 4 is 28.5 Å². The Morgan fingerprint density at radius 3 is 3.05 bits per heavy atom. The maximum atomic E-state index is 12.4. The van der Waals surface area contributed by atoms with Gasteiger partial charge in [0, 0.05) is 28.1 Å². The van der Waals surface area contributed by atoms with E-state index < -0.39 is 0 Å². The molecule has 4 nitrogen and oxygen atoms in total. The minimum absolute atomic E-state index is 0.140. The van der Waals surface area contributed by atoms with Gasteiger partial charge in [0.2, 0.25) is 0 Å². The number of hydrogen-bond donors (Lipinski definition) is 2. The van der Waals surface area contributed by atoms with Gasteiger partial charge in [-0.05, 0) is 51.4 Å². The van der Waals surface area contributed by atoms with Crippen LogP contribution in [-0.2, 0) is 0 Å². The Bertz CT molecular complexity index is 680. The minimum atomic E-state index is -0.140. The summed E-state index contributed by atoms with van der Waals surface area (Å²) in [7, 11) is 0. The summed E-state index contributed by atoms with van der Waals surface area (Å²) in [4.78, 5) is 12.4. The summed E-state index contributed by atoms with van der Waals surface area (Å²) >= 11 is 6.00. The number of hydrogen-bond acceptors (Lipinski definition) is 3. The van der Waals surface area contributed by atoms with Crippen LogP contribution >= 0.6 is 11.6 Å². The molecule has 5 heteroatoms. The molecular weight excluding hydrogens is 288 g/mol. The molecule has 2 unspecified atom stereocenters. The molecule has 1 saturated heterocycles. The standard InChI is InChI=1S/C16H19ClN2O2/c1-9-7-12(5-6-18-9)19-16(20)15-10(2)13-8-11(17)3-4-14(13)21-15/h3-4,8-9,12,18H,5-7H2,1-2H3,(H,19,20). The van der Waals surface area contributed by atoms with Gasteiger partial charge in [-0.25, -0.2) is 0 Å². The fraction of sp³-hybridized carbons (Fsp3) is 0.438. The molecule has 1 aromatic heterocycles. The molecule has 3 rings (SSSR count). The van der Waals surface area contributed by atoms with Crippen molar-refractivity contribution in [2.24, 2.45) is 0 Å². The quantitative estimate of drug-likeness (QED) is 0.895. The van der Waals surface area contributed by atoms with Crippen molar-refractivity contribution in [1.82, 2.24) is 10.6 Å². The Balaban J connectivity index is 1.82. The summed E-state index contributed by atoms with van der Waals surface area (Å²) in [5.41, 5.74) is 1.53. The SMILES string of the molecule is Cc1c(C(=O)NC2CCNC(C)C2)oc2ccc(Cl)cc12. The number of piperidine rings is 1. The summed E-state index contributed by atoms with van der Waals surface area (Å²) in [6, 6.07) is 6.03. The molecule has 1 fully saturated rings. The number of halogens is 1. The molecule has 2 N–H and O–H groups in total. The van der Waals surface area contributed by atoms with Gasteiger partial charge in [-0.1, -0.05) is 11.6 Å². The number of amides is 1. The number of carbonyl (C=O) groups is 1. The van der Waals surface area contributed by atoms with Crippen LogP contribution < -0.4 is 10.6 Å². The van der Waals surface area contributed by atoms with Gasteiger partial charge in [-0.15, -0.1) is 0 Å². The lowest BCUT2D eigenvalue weighted by Gasteiger charge is -2.28. The van der Waals surface area contributed by atoms with Crippen LogP contribution in [0.4, 0.5) is 0 Å². The average molecular weight is 307 g/mol. The van der Waals surface area contributed by atoms with Crippen LogP contribution in [0.1, 0.15) is 35.9 Å². The molecule has 1 aromatic carbocycles. The van der Waals surface area contributed by atoms with E-state index in [4.69, 9.17) is 16.0 Å². The Kier molecular flexibility index (Phi) is 3.91. The highest BCUT2D eigenvalue weighted by atomic mass is 35.5. The predicted molar refractivity (Wildman–Crippen MR) is 83.9 cm³/mol. The van der Waals surface area contributed by atoms with Crippen LogP contribution in [0.25, 0.3) is 11.0 Å². The maximum absolute atomic E-state index is 12.4. The van der Waals surface area contributed by atoms with E-state index in [1.165, 1.54) is 0 Å². The number of nitrogens with one attached hydrogen (secondary N) is 2. The molecule has 1 aliphatic heterocycles. The normalized spacial score (nSPS) is 22.4. The molecule has 0 spiro atoms. The van der Waals surface area contributed by atoms with Crippen molar-refractivity contribution in [3.05, 3.63) is 34.5 Å². The monoisotopic (exact) mass is 306 g/mol. The summed E-state index contributed by atoms with van der Waals surface area (Å²) < 4.78 is 5.70. The fourth-order valence-corrected chi connectivity index (χ4v) is 3.10. The average Bonchev–Trinajstić information content (AvgIpc) is 2.76. The number of benzene rings is 1. The van der Waals surface area contributed by atoms with E-state index in [1.54, 1.807) is 12.1 Å². The molecule has 0 bridgehead atoms. The smallest absolute Gasteiger partial charge is 0.287 e. The Labute approximate surface area is 128 Å². The summed E-state index contributed by atoms with van der Waals surface area (Å²) in [5, 5.41) is 7.99. The Hall–Kier alpha value is -1.52. The first-order valence-electron chi connectivity index (χ1n) is 7.27. The van der Waals surface area contributed by atoms with Crippen LogP contribution in [-0.4, -0.2) is 24.5 Å². The molecule has 112 valence electrons. The predicted octanol–water partition coefficient (Wildman–Crippen LogP) is 3.26. The topological polar surface area (TPSA) is 54.3 Å². The van der Waals surface area contributed by atoms with E-state index in [1.807, 2.05) is 13.0 Å². The van der Waals surface area contributed by atoms with Gasteiger partial charge < -0.3 is 15.1 Å². The molecule has 1 amide bonds. The Morgan fingerprint density at radius 2 is 2.29 bits per heavy atom. The van der Waals surface area contributed by atoms with E-state index >= 15 is 0 Å².